The molecule has 0 aliphatic rings. The van der Waals surface area contributed by atoms with Gasteiger partial charge in [0.15, 0.2) is 0 Å². The number of hydrogen-bond donors (Lipinski definition) is 1. The van der Waals surface area contributed by atoms with Gasteiger partial charge >= 0.3 is 6.18 Å². The van der Waals surface area contributed by atoms with E-state index in [9.17, 15) is 18.0 Å². The molecule has 0 fully saturated rings. The lowest BCUT2D eigenvalue weighted by molar-refractivity contribution is -0.138. The summed E-state index contributed by atoms with van der Waals surface area (Å²) in [6.45, 7) is 0. The number of alkyl halides is 3. The Morgan fingerprint density at radius 1 is 1.29 bits per heavy atom. The van der Waals surface area contributed by atoms with Gasteiger partial charge in [-0.3, -0.25) is 4.79 Å². The van der Waals surface area contributed by atoms with Crippen LogP contribution >= 0.6 is 11.6 Å². The molecule has 0 aliphatic heterocycles. The molecule has 1 aromatic carbocycles. The fraction of sp³-hybridized carbons (Fsp3) is 0.0769. The Balaban J connectivity index is 2.33. The molecule has 0 bridgehead atoms. The third kappa shape index (κ3) is 3.63. The lowest BCUT2D eigenvalue weighted by Crippen LogP contribution is -2.08. The first-order valence-corrected chi connectivity index (χ1v) is 5.99. The van der Waals surface area contributed by atoms with Crippen molar-refractivity contribution in [3.8, 4) is 11.6 Å². The van der Waals surface area contributed by atoms with Gasteiger partial charge in [0.05, 0.1) is 5.02 Å². The van der Waals surface area contributed by atoms with Crippen molar-refractivity contribution >= 4 is 23.7 Å². The van der Waals surface area contributed by atoms with Gasteiger partial charge in [0.25, 0.3) is 0 Å². The molecule has 2 aromatic rings. The number of halogens is 4. The van der Waals surface area contributed by atoms with Crippen LogP contribution in [0.4, 0.5) is 18.9 Å². The van der Waals surface area contributed by atoms with Crippen molar-refractivity contribution in [2.24, 2.45) is 0 Å². The Hall–Kier alpha value is -2.28. The molecule has 1 N–H and O–H groups in total. The molecule has 1 heterocycles. The van der Waals surface area contributed by atoms with Gasteiger partial charge in [0.2, 0.25) is 12.3 Å². The predicted molar refractivity (Wildman–Crippen MR) is 70.5 cm³/mol. The molecule has 0 saturated heterocycles. The molecule has 110 valence electrons. The summed E-state index contributed by atoms with van der Waals surface area (Å²) in [7, 11) is 0. The number of carbonyl (C=O) groups is 1. The quantitative estimate of drug-likeness (QED) is 0.863. The predicted octanol–water partition coefficient (Wildman–Crippen LogP) is 4.11. The molecule has 2 rings (SSSR count). The number of nitrogens with zero attached hydrogens (tertiary/aromatic N) is 1. The van der Waals surface area contributed by atoms with E-state index < -0.39 is 17.6 Å². The normalized spacial score (nSPS) is 11.0. The number of benzene rings is 1. The summed E-state index contributed by atoms with van der Waals surface area (Å²) >= 11 is 5.89. The zero-order chi connectivity index (χ0) is 15.5. The first-order valence-electron chi connectivity index (χ1n) is 5.61. The lowest BCUT2D eigenvalue weighted by Gasteiger charge is -2.13. The van der Waals surface area contributed by atoms with Gasteiger partial charge in [0, 0.05) is 11.9 Å². The van der Waals surface area contributed by atoms with Gasteiger partial charge in [-0.15, -0.1) is 0 Å². The summed E-state index contributed by atoms with van der Waals surface area (Å²) in [4.78, 5) is 13.9. The van der Waals surface area contributed by atoms with Gasteiger partial charge in [0.1, 0.15) is 11.3 Å². The van der Waals surface area contributed by atoms with Gasteiger partial charge in [-0.05, 0) is 30.3 Å². The van der Waals surface area contributed by atoms with Crippen molar-refractivity contribution in [1.82, 2.24) is 4.98 Å². The van der Waals surface area contributed by atoms with Crippen LogP contribution in [-0.4, -0.2) is 11.4 Å². The molecule has 0 saturated carbocycles. The van der Waals surface area contributed by atoms with Crippen LogP contribution < -0.4 is 10.1 Å². The summed E-state index contributed by atoms with van der Waals surface area (Å²) in [6, 6.07) is 6.14. The van der Waals surface area contributed by atoms with E-state index in [0.29, 0.717) is 12.1 Å². The second-order valence-electron chi connectivity index (χ2n) is 3.86. The maximum Gasteiger partial charge on any atom is 0.421 e. The molecule has 0 atom stereocenters. The highest BCUT2D eigenvalue weighted by Gasteiger charge is 2.35. The molecular weight excluding hydrogens is 309 g/mol. The Kier molecular flexibility index (Phi) is 4.32. The van der Waals surface area contributed by atoms with E-state index in [1.807, 2.05) is 0 Å². The largest absolute Gasteiger partial charge is 0.437 e. The van der Waals surface area contributed by atoms with Crippen molar-refractivity contribution in [2.45, 2.75) is 6.18 Å². The first kappa shape index (κ1) is 15.1. The van der Waals surface area contributed by atoms with Crippen LogP contribution in [0.25, 0.3) is 0 Å². The van der Waals surface area contributed by atoms with Crippen molar-refractivity contribution in [2.75, 3.05) is 5.32 Å². The van der Waals surface area contributed by atoms with E-state index in [1.165, 1.54) is 24.4 Å². The number of anilines is 1. The fourth-order valence-corrected chi connectivity index (χ4v) is 1.75. The van der Waals surface area contributed by atoms with Gasteiger partial charge in [-0.25, -0.2) is 4.98 Å². The maximum absolute atomic E-state index is 12.8. The minimum absolute atomic E-state index is 0.00249. The first-order chi connectivity index (χ1) is 9.91. The van der Waals surface area contributed by atoms with Crippen LogP contribution in [0.1, 0.15) is 5.56 Å². The number of amides is 1. The zero-order valence-corrected chi connectivity index (χ0v) is 11.1. The number of hydrogen-bond acceptors (Lipinski definition) is 3. The third-order valence-electron chi connectivity index (χ3n) is 2.44. The monoisotopic (exact) mass is 316 g/mol. The van der Waals surface area contributed by atoms with Crippen molar-refractivity contribution in [1.29, 1.82) is 0 Å². The van der Waals surface area contributed by atoms with Crippen molar-refractivity contribution < 1.29 is 22.7 Å². The fourth-order valence-electron chi connectivity index (χ4n) is 1.53. The molecular formula is C13H8ClF3N2O2. The number of aromatic nitrogens is 1. The SMILES string of the molecule is O=CNc1ccc(Oc2ncccc2C(F)(F)F)c(Cl)c1. The van der Waals surface area contributed by atoms with E-state index in [4.69, 9.17) is 16.3 Å². The number of nitrogens with one attached hydrogen (secondary N) is 1. The Morgan fingerprint density at radius 3 is 2.67 bits per heavy atom. The molecule has 1 aromatic heterocycles. The van der Waals surface area contributed by atoms with Crippen molar-refractivity contribution in [3.63, 3.8) is 0 Å². The van der Waals surface area contributed by atoms with Crippen LogP contribution in [0, 0.1) is 0 Å². The van der Waals surface area contributed by atoms with Crippen molar-refractivity contribution in [3.05, 3.63) is 47.1 Å². The Bertz CT molecular complexity index is 662. The van der Waals surface area contributed by atoms with E-state index in [2.05, 4.69) is 10.3 Å². The van der Waals surface area contributed by atoms with Crippen LogP contribution in [0.3, 0.4) is 0 Å². The summed E-state index contributed by atoms with van der Waals surface area (Å²) in [5, 5.41) is 2.40. The Morgan fingerprint density at radius 2 is 2.05 bits per heavy atom. The minimum atomic E-state index is -4.59. The number of pyridine rings is 1. The summed E-state index contributed by atoms with van der Waals surface area (Å²) in [5.74, 6) is -0.597. The van der Waals surface area contributed by atoms with Crippen LogP contribution in [0.2, 0.25) is 5.02 Å². The Labute approximate surface area is 122 Å². The average molecular weight is 317 g/mol. The zero-order valence-electron chi connectivity index (χ0n) is 10.3. The van der Waals surface area contributed by atoms with E-state index in [1.54, 1.807) is 0 Å². The topological polar surface area (TPSA) is 51.2 Å². The molecule has 0 unspecified atom stereocenters. The van der Waals surface area contributed by atoms with Gasteiger partial charge < -0.3 is 10.1 Å². The van der Waals surface area contributed by atoms with Crippen LogP contribution in [0.15, 0.2) is 36.5 Å². The van der Waals surface area contributed by atoms with Crippen LogP contribution in [-0.2, 0) is 11.0 Å². The maximum atomic E-state index is 12.8. The summed E-state index contributed by atoms with van der Waals surface area (Å²) in [6.07, 6.45) is -2.96. The van der Waals surface area contributed by atoms with Gasteiger partial charge in [-0.2, -0.15) is 13.2 Å². The number of ether oxygens (including phenoxy) is 1. The van der Waals surface area contributed by atoms with Crippen LogP contribution in [0.5, 0.6) is 11.6 Å². The molecule has 21 heavy (non-hydrogen) atoms. The van der Waals surface area contributed by atoms with E-state index >= 15 is 0 Å². The summed E-state index contributed by atoms with van der Waals surface area (Å²) < 4.78 is 43.6. The molecule has 0 spiro atoms. The molecule has 8 heteroatoms. The standard InChI is InChI=1S/C13H8ClF3N2O2/c14-10-6-8(19-7-20)3-4-11(10)21-12-9(13(15,16)17)2-1-5-18-12/h1-7H,(H,19,20). The molecule has 4 nitrogen and oxygen atoms in total. The highest BCUT2D eigenvalue weighted by Crippen LogP contribution is 2.38. The molecule has 0 radical (unpaired) electrons. The van der Waals surface area contributed by atoms with E-state index in [0.717, 1.165) is 12.1 Å². The second kappa shape index (κ2) is 6.01. The van der Waals surface area contributed by atoms with E-state index in [-0.39, 0.29) is 10.8 Å². The smallest absolute Gasteiger partial charge is 0.421 e. The number of carbonyl (C=O) groups excluding carboxylic acids is 1. The minimum Gasteiger partial charge on any atom is -0.437 e. The average Bonchev–Trinajstić information content (AvgIpc) is 2.42. The third-order valence-corrected chi connectivity index (χ3v) is 2.74. The lowest BCUT2D eigenvalue weighted by atomic mass is 10.2. The second-order valence-corrected chi connectivity index (χ2v) is 4.27. The number of rotatable bonds is 4. The highest BCUT2D eigenvalue weighted by molar-refractivity contribution is 6.32. The van der Waals surface area contributed by atoms with Gasteiger partial charge in [-0.1, -0.05) is 11.6 Å². The highest BCUT2D eigenvalue weighted by atomic mass is 35.5. The molecule has 0 aliphatic carbocycles. The summed E-state index contributed by atoms with van der Waals surface area (Å²) in [5.41, 5.74) is -0.615. The molecule has 1 amide bonds.